The molecule has 3 rings (SSSR count). The number of nitrogens with zero attached hydrogens (tertiary/aromatic N) is 5. The highest BCUT2D eigenvalue weighted by Crippen LogP contribution is 2.32. The summed E-state index contributed by atoms with van der Waals surface area (Å²) in [6.07, 6.45) is 2.98. The molecule has 0 amide bonds. The van der Waals surface area contributed by atoms with Crippen molar-refractivity contribution in [3.8, 4) is 22.8 Å². The van der Waals surface area contributed by atoms with Gasteiger partial charge in [-0.2, -0.15) is 0 Å². The summed E-state index contributed by atoms with van der Waals surface area (Å²) in [4.78, 5) is 8.12. The predicted molar refractivity (Wildman–Crippen MR) is 73.9 cm³/mol. The Balaban J connectivity index is 2.18. The Labute approximate surface area is 120 Å². The number of para-hydroxylation sites is 1. The lowest BCUT2D eigenvalue weighted by molar-refractivity contribution is 0.412. The number of methoxy groups -OCH3 is 1. The molecule has 7 heteroatoms. The number of ether oxygens (including phenoxy) is 1. The Kier molecular flexibility index (Phi) is 3.30. The van der Waals surface area contributed by atoms with E-state index in [9.17, 15) is 0 Å². The lowest BCUT2D eigenvalue weighted by atomic mass is 10.2. The van der Waals surface area contributed by atoms with E-state index in [2.05, 4.69) is 20.3 Å². The van der Waals surface area contributed by atoms with E-state index in [0.717, 1.165) is 5.69 Å². The quantitative estimate of drug-likeness (QED) is 0.692. The maximum Gasteiger partial charge on any atom is 0.184 e. The van der Waals surface area contributed by atoms with Gasteiger partial charge in [0.2, 0.25) is 0 Å². The van der Waals surface area contributed by atoms with Crippen molar-refractivity contribution in [3.63, 3.8) is 0 Å². The topological polar surface area (TPSA) is 65.7 Å². The molecule has 0 atom stereocenters. The number of hydrogen-bond acceptors (Lipinski definition) is 5. The van der Waals surface area contributed by atoms with Crippen molar-refractivity contribution in [2.75, 3.05) is 7.11 Å². The minimum Gasteiger partial charge on any atom is -0.491 e. The maximum atomic E-state index is 6.02. The van der Waals surface area contributed by atoms with Crippen LogP contribution in [0.2, 0.25) is 5.15 Å². The van der Waals surface area contributed by atoms with Gasteiger partial charge in [-0.3, -0.25) is 0 Å². The minimum absolute atomic E-state index is 0.248. The van der Waals surface area contributed by atoms with Crippen LogP contribution in [-0.4, -0.2) is 32.1 Å². The molecule has 20 heavy (non-hydrogen) atoms. The van der Waals surface area contributed by atoms with E-state index in [-0.39, 0.29) is 5.15 Å². The first-order valence-corrected chi connectivity index (χ1v) is 6.20. The van der Waals surface area contributed by atoms with E-state index in [0.29, 0.717) is 17.1 Å². The number of hydrogen-bond donors (Lipinski definition) is 0. The van der Waals surface area contributed by atoms with Crippen molar-refractivity contribution in [3.05, 3.63) is 48.0 Å². The standard InChI is InChI=1S/C13H10ClN5O/c1-20-12-11(15-8-16-13(12)14)10-7-17-18-19(10)9-5-3-2-4-6-9/h2-8H,1H3. The lowest BCUT2D eigenvalue weighted by Crippen LogP contribution is -2.02. The summed E-state index contributed by atoms with van der Waals surface area (Å²) in [6.45, 7) is 0. The van der Waals surface area contributed by atoms with Crippen molar-refractivity contribution in [1.82, 2.24) is 25.0 Å². The number of rotatable bonds is 3. The first-order valence-electron chi connectivity index (χ1n) is 5.82. The number of aromatic nitrogens is 5. The van der Waals surface area contributed by atoms with Crippen LogP contribution in [0.3, 0.4) is 0 Å². The molecule has 0 saturated heterocycles. The molecule has 0 radical (unpaired) electrons. The maximum absolute atomic E-state index is 6.02. The van der Waals surface area contributed by atoms with E-state index in [1.54, 1.807) is 10.9 Å². The van der Waals surface area contributed by atoms with Gasteiger partial charge in [0.25, 0.3) is 0 Å². The second kappa shape index (κ2) is 5.26. The molecule has 0 bridgehead atoms. The number of benzene rings is 1. The third kappa shape index (κ3) is 2.10. The molecule has 0 aliphatic carbocycles. The molecule has 100 valence electrons. The van der Waals surface area contributed by atoms with Gasteiger partial charge in [-0.05, 0) is 12.1 Å². The van der Waals surface area contributed by atoms with E-state index in [4.69, 9.17) is 16.3 Å². The average Bonchev–Trinajstić information content (AvgIpc) is 2.97. The summed E-state index contributed by atoms with van der Waals surface area (Å²) in [5, 5.41) is 8.26. The largest absolute Gasteiger partial charge is 0.491 e. The average molecular weight is 288 g/mol. The molecule has 0 saturated carbocycles. The van der Waals surface area contributed by atoms with Crippen LogP contribution in [0.15, 0.2) is 42.9 Å². The molecule has 0 aliphatic rings. The molecule has 1 aromatic carbocycles. The van der Waals surface area contributed by atoms with E-state index >= 15 is 0 Å². The normalized spacial score (nSPS) is 10.5. The van der Waals surface area contributed by atoms with Crippen molar-refractivity contribution in [2.45, 2.75) is 0 Å². The first-order chi connectivity index (χ1) is 9.81. The van der Waals surface area contributed by atoms with Gasteiger partial charge in [0, 0.05) is 0 Å². The van der Waals surface area contributed by atoms with Gasteiger partial charge in [-0.1, -0.05) is 35.0 Å². The summed E-state index contributed by atoms with van der Waals surface area (Å²) in [7, 11) is 1.52. The first kappa shape index (κ1) is 12.6. The van der Waals surface area contributed by atoms with Gasteiger partial charge in [-0.15, -0.1) is 5.10 Å². The molecule has 2 heterocycles. The Morgan fingerprint density at radius 3 is 2.70 bits per heavy atom. The van der Waals surface area contributed by atoms with Crippen LogP contribution in [0.4, 0.5) is 0 Å². The summed E-state index contributed by atoms with van der Waals surface area (Å²) in [5.74, 6) is 0.397. The highest BCUT2D eigenvalue weighted by Gasteiger charge is 2.17. The van der Waals surface area contributed by atoms with Crippen LogP contribution in [0.1, 0.15) is 0 Å². The molecule has 3 aromatic rings. The van der Waals surface area contributed by atoms with Gasteiger partial charge in [0.15, 0.2) is 10.9 Å². The van der Waals surface area contributed by atoms with Crippen LogP contribution < -0.4 is 4.74 Å². The zero-order valence-corrected chi connectivity index (χ0v) is 11.3. The zero-order valence-electron chi connectivity index (χ0n) is 10.6. The number of halogens is 1. The predicted octanol–water partition coefficient (Wildman–Crippen LogP) is 2.39. The van der Waals surface area contributed by atoms with Crippen molar-refractivity contribution >= 4 is 11.6 Å². The highest BCUT2D eigenvalue weighted by atomic mass is 35.5. The zero-order chi connectivity index (χ0) is 13.9. The molecule has 2 aromatic heterocycles. The summed E-state index contributed by atoms with van der Waals surface area (Å²) < 4.78 is 6.93. The van der Waals surface area contributed by atoms with E-state index in [1.165, 1.54) is 13.4 Å². The minimum atomic E-state index is 0.248. The van der Waals surface area contributed by atoms with Gasteiger partial charge in [-0.25, -0.2) is 14.6 Å². The fraction of sp³-hybridized carbons (Fsp3) is 0.0769. The van der Waals surface area contributed by atoms with Crippen LogP contribution >= 0.6 is 11.6 Å². The molecule has 0 aliphatic heterocycles. The second-order valence-corrected chi connectivity index (χ2v) is 4.27. The van der Waals surface area contributed by atoms with Crippen LogP contribution in [-0.2, 0) is 0 Å². The Bertz CT molecular complexity index is 729. The van der Waals surface area contributed by atoms with E-state index < -0.39 is 0 Å². The van der Waals surface area contributed by atoms with Crippen LogP contribution in [0, 0.1) is 0 Å². The van der Waals surface area contributed by atoms with Crippen LogP contribution in [0.5, 0.6) is 5.75 Å². The fourth-order valence-electron chi connectivity index (χ4n) is 1.87. The summed E-state index contributed by atoms with van der Waals surface area (Å²) in [6, 6.07) is 9.62. The fourth-order valence-corrected chi connectivity index (χ4v) is 2.08. The summed E-state index contributed by atoms with van der Waals surface area (Å²) >= 11 is 6.02. The Morgan fingerprint density at radius 1 is 1.15 bits per heavy atom. The smallest absolute Gasteiger partial charge is 0.184 e. The lowest BCUT2D eigenvalue weighted by Gasteiger charge is -2.09. The van der Waals surface area contributed by atoms with Gasteiger partial charge >= 0.3 is 0 Å². The van der Waals surface area contributed by atoms with Crippen LogP contribution in [0.25, 0.3) is 17.1 Å². The molecule has 6 nitrogen and oxygen atoms in total. The Morgan fingerprint density at radius 2 is 1.95 bits per heavy atom. The third-order valence-corrected chi connectivity index (χ3v) is 3.03. The summed E-state index contributed by atoms with van der Waals surface area (Å²) in [5.41, 5.74) is 2.09. The SMILES string of the molecule is COc1c(Cl)ncnc1-c1cnnn1-c1ccccc1. The van der Waals surface area contributed by atoms with Gasteiger partial charge in [0.05, 0.1) is 19.0 Å². The molecule has 0 unspecified atom stereocenters. The Hall–Kier alpha value is -2.47. The third-order valence-electron chi connectivity index (χ3n) is 2.76. The van der Waals surface area contributed by atoms with Crippen molar-refractivity contribution < 1.29 is 4.74 Å². The van der Waals surface area contributed by atoms with Crippen molar-refractivity contribution in [2.24, 2.45) is 0 Å². The molecular formula is C13H10ClN5O. The van der Waals surface area contributed by atoms with Gasteiger partial charge < -0.3 is 4.74 Å². The molecule has 0 spiro atoms. The molecule has 0 fully saturated rings. The second-order valence-electron chi connectivity index (χ2n) is 3.91. The molecular weight excluding hydrogens is 278 g/mol. The van der Waals surface area contributed by atoms with Crippen molar-refractivity contribution in [1.29, 1.82) is 0 Å². The highest BCUT2D eigenvalue weighted by molar-refractivity contribution is 6.31. The van der Waals surface area contributed by atoms with E-state index in [1.807, 2.05) is 30.3 Å². The monoisotopic (exact) mass is 287 g/mol. The molecule has 0 N–H and O–H groups in total. The van der Waals surface area contributed by atoms with Gasteiger partial charge in [0.1, 0.15) is 17.7 Å².